The van der Waals surface area contributed by atoms with Crippen LogP contribution in [0.25, 0.3) is 0 Å². The van der Waals surface area contributed by atoms with Gasteiger partial charge >= 0.3 is 17.9 Å². The largest absolute Gasteiger partial charge is 0.462 e. The predicted octanol–water partition coefficient (Wildman–Crippen LogP) is 13.0. The first-order valence-corrected chi connectivity index (χ1v) is 21.0. The Kier molecular flexibility index (Phi) is 37.5. The third-order valence-corrected chi connectivity index (χ3v) is 8.85. The molecule has 0 aromatic rings. The van der Waals surface area contributed by atoms with Gasteiger partial charge in [-0.3, -0.25) is 14.4 Å². The highest BCUT2D eigenvalue weighted by Crippen LogP contribution is 2.13. The number of carbonyl (C=O) groups excluding carboxylic acids is 3. The van der Waals surface area contributed by atoms with Crippen LogP contribution in [0, 0.1) is 0 Å². The summed E-state index contributed by atoms with van der Waals surface area (Å²) in [4.78, 5) is 37.3. The van der Waals surface area contributed by atoms with E-state index in [0.717, 1.165) is 96.3 Å². The molecule has 0 spiro atoms. The standard InChI is InChI=1S/C44H78O6/c1-4-7-10-13-15-17-19-20-21-22-23-24-25-27-28-31-34-37-43(46)49-40-41(39-48-42(45)36-33-30-12-9-6-3)50-44(47)38-35-32-29-26-18-16-14-11-8-5-2/h11,14-15,17,20-21,41H,4-10,12-13,16,18-19,22-40H2,1-3H3/b14-11-,17-15-,21-20-. The van der Waals surface area contributed by atoms with Gasteiger partial charge in [0.25, 0.3) is 0 Å². The van der Waals surface area contributed by atoms with Crippen LogP contribution in [0.4, 0.5) is 0 Å². The van der Waals surface area contributed by atoms with Gasteiger partial charge in [-0.2, -0.15) is 0 Å². The highest BCUT2D eigenvalue weighted by molar-refractivity contribution is 5.71. The molecule has 0 radical (unpaired) electrons. The van der Waals surface area contributed by atoms with Crippen molar-refractivity contribution in [3.05, 3.63) is 36.5 Å². The normalized spacial score (nSPS) is 12.3. The molecule has 0 heterocycles. The smallest absolute Gasteiger partial charge is 0.306 e. The zero-order valence-electron chi connectivity index (χ0n) is 32.9. The minimum absolute atomic E-state index is 0.0790. The van der Waals surface area contributed by atoms with E-state index in [2.05, 4.69) is 57.2 Å². The van der Waals surface area contributed by atoms with Crippen molar-refractivity contribution < 1.29 is 28.6 Å². The summed E-state index contributed by atoms with van der Waals surface area (Å²) in [5.41, 5.74) is 0. The molecule has 0 aliphatic heterocycles. The molecule has 0 saturated heterocycles. The number of rotatable bonds is 37. The van der Waals surface area contributed by atoms with Crippen LogP contribution in [0.15, 0.2) is 36.5 Å². The van der Waals surface area contributed by atoms with Crippen LogP contribution in [0.1, 0.15) is 207 Å². The second-order valence-corrected chi connectivity index (χ2v) is 13.9. The monoisotopic (exact) mass is 703 g/mol. The molecule has 6 heteroatoms. The van der Waals surface area contributed by atoms with Crippen molar-refractivity contribution in [2.24, 2.45) is 0 Å². The summed E-state index contributed by atoms with van der Waals surface area (Å²) in [7, 11) is 0. The van der Waals surface area contributed by atoms with Crippen LogP contribution in [-0.2, 0) is 28.6 Å². The average molecular weight is 703 g/mol. The summed E-state index contributed by atoms with van der Waals surface area (Å²) >= 11 is 0. The highest BCUT2D eigenvalue weighted by Gasteiger charge is 2.19. The molecule has 50 heavy (non-hydrogen) atoms. The Labute approximate surface area is 308 Å². The summed E-state index contributed by atoms with van der Waals surface area (Å²) in [6.07, 6.45) is 43.0. The molecule has 0 aromatic carbocycles. The second kappa shape index (κ2) is 39.4. The quantitative estimate of drug-likeness (QED) is 0.0277. The number of ether oxygens (including phenoxy) is 3. The second-order valence-electron chi connectivity index (χ2n) is 13.9. The van der Waals surface area contributed by atoms with E-state index in [-0.39, 0.29) is 31.1 Å². The van der Waals surface area contributed by atoms with Gasteiger partial charge < -0.3 is 14.2 Å². The molecule has 0 aliphatic rings. The number of hydrogen-bond acceptors (Lipinski definition) is 6. The summed E-state index contributed by atoms with van der Waals surface area (Å²) in [5.74, 6) is -0.915. The number of allylic oxidation sites excluding steroid dienone is 6. The molecule has 1 atom stereocenters. The Balaban J connectivity index is 4.22. The van der Waals surface area contributed by atoms with Crippen molar-refractivity contribution in [2.45, 2.75) is 213 Å². The van der Waals surface area contributed by atoms with E-state index in [1.54, 1.807) is 0 Å². The first-order valence-electron chi connectivity index (χ1n) is 21.0. The molecule has 0 amide bonds. The third kappa shape index (κ3) is 36.9. The van der Waals surface area contributed by atoms with Gasteiger partial charge in [0.1, 0.15) is 13.2 Å². The lowest BCUT2D eigenvalue weighted by Gasteiger charge is -2.18. The first kappa shape index (κ1) is 47.6. The van der Waals surface area contributed by atoms with Crippen molar-refractivity contribution in [3.8, 4) is 0 Å². The highest BCUT2D eigenvalue weighted by atomic mass is 16.6. The fraction of sp³-hybridized carbons (Fsp3) is 0.795. The van der Waals surface area contributed by atoms with E-state index >= 15 is 0 Å². The molecule has 0 saturated carbocycles. The Morgan fingerprint density at radius 2 is 0.760 bits per heavy atom. The van der Waals surface area contributed by atoms with Gasteiger partial charge in [0.15, 0.2) is 6.10 Å². The summed E-state index contributed by atoms with van der Waals surface area (Å²) < 4.78 is 16.5. The zero-order valence-corrected chi connectivity index (χ0v) is 32.9. The fourth-order valence-electron chi connectivity index (χ4n) is 5.65. The average Bonchev–Trinajstić information content (AvgIpc) is 3.11. The molecule has 6 nitrogen and oxygen atoms in total. The third-order valence-electron chi connectivity index (χ3n) is 8.85. The number of carbonyl (C=O) groups is 3. The lowest BCUT2D eigenvalue weighted by Crippen LogP contribution is -2.30. The van der Waals surface area contributed by atoms with Crippen LogP contribution in [0.5, 0.6) is 0 Å². The predicted molar refractivity (Wildman–Crippen MR) is 210 cm³/mol. The van der Waals surface area contributed by atoms with Crippen LogP contribution >= 0.6 is 0 Å². The van der Waals surface area contributed by atoms with Crippen molar-refractivity contribution in [1.82, 2.24) is 0 Å². The van der Waals surface area contributed by atoms with E-state index < -0.39 is 6.10 Å². The van der Waals surface area contributed by atoms with Gasteiger partial charge in [0, 0.05) is 19.3 Å². The number of unbranched alkanes of at least 4 members (excludes halogenated alkanes) is 20. The van der Waals surface area contributed by atoms with Crippen molar-refractivity contribution >= 4 is 17.9 Å². The van der Waals surface area contributed by atoms with Gasteiger partial charge in [-0.15, -0.1) is 0 Å². The summed E-state index contributed by atoms with van der Waals surface area (Å²) in [6, 6.07) is 0. The van der Waals surface area contributed by atoms with E-state index in [0.29, 0.717) is 19.3 Å². The van der Waals surface area contributed by atoms with E-state index in [4.69, 9.17) is 14.2 Å². The van der Waals surface area contributed by atoms with Crippen LogP contribution in [-0.4, -0.2) is 37.2 Å². The van der Waals surface area contributed by atoms with Gasteiger partial charge in [0.05, 0.1) is 0 Å². The fourth-order valence-corrected chi connectivity index (χ4v) is 5.65. The lowest BCUT2D eigenvalue weighted by atomic mass is 10.1. The topological polar surface area (TPSA) is 78.9 Å². The molecular weight excluding hydrogens is 624 g/mol. The minimum Gasteiger partial charge on any atom is -0.462 e. The minimum atomic E-state index is -0.771. The van der Waals surface area contributed by atoms with Crippen LogP contribution in [0.3, 0.4) is 0 Å². The van der Waals surface area contributed by atoms with Crippen LogP contribution < -0.4 is 0 Å². The zero-order chi connectivity index (χ0) is 36.6. The van der Waals surface area contributed by atoms with Crippen molar-refractivity contribution in [1.29, 1.82) is 0 Å². The molecule has 0 aliphatic carbocycles. The summed E-state index contributed by atoms with van der Waals surface area (Å²) in [6.45, 7) is 6.43. The maximum Gasteiger partial charge on any atom is 0.306 e. The Hall–Kier alpha value is -2.37. The molecule has 0 rings (SSSR count). The van der Waals surface area contributed by atoms with E-state index in [9.17, 15) is 14.4 Å². The number of esters is 3. The molecule has 0 bridgehead atoms. The van der Waals surface area contributed by atoms with Gasteiger partial charge in [0.2, 0.25) is 0 Å². The summed E-state index contributed by atoms with van der Waals surface area (Å²) in [5, 5.41) is 0. The van der Waals surface area contributed by atoms with Crippen molar-refractivity contribution in [3.63, 3.8) is 0 Å². The Bertz CT molecular complexity index is 861. The van der Waals surface area contributed by atoms with E-state index in [1.807, 2.05) is 0 Å². The number of hydrogen-bond donors (Lipinski definition) is 0. The molecule has 0 fully saturated rings. The SMILES string of the molecule is CCC/C=C\CCCCCCCC(=O)OC(COC(=O)CCCCCCC)COC(=O)CCCCCCCCC/C=C\C/C=C\CCCCC. The molecule has 0 aromatic heterocycles. The molecule has 1 unspecified atom stereocenters. The van der Waals surface area contributed by atoms with Gasteiger partial charge in [-0.25, -0.2) is 0 Å². The lowest BCUT2D eigenvalue weighted by molar-refractivity contribution is -0.167. The first-order chi connectivity index (χ1) is 24.5. The van der Waals surface area contributed by atoms with Gasteiger partial charge in [-0.05, 0) is 70.6 Å². The Morgan fingerprint density at radius 3 is 1.24 bits per heavy atom. The van der Waals surface area contributed by atoms with Crippen LogP contribution in [0.2, 0.25) is 0 Å². The molecule has 0 N–H and O–H groups in total. The maximum atomic E-state index is 12.6. The maximum absolute atomic E-state index is 12.6. The van der Waals surface area contributed by atoms with Gasteiger partial charge in [-0.1, -0.05) is 154 Å². The molecular formula is C44H78O6. The van der Waals surface area contributed by atoms with E-state index in [1.165, 1.54) is 70.6 Å². The molecule has 290 valence electrons. The Morgan fingerprint density at radius 1 is 0.400 bits per heavy atom. The van der Waals surface area contributed by atoms with Crippen molar-refractivity contribution in [2.75, 3.05) is 13.2 Å².